The number of ether oxygens (including phenoxy) is 1. The van der Waals surface area contributed by atoms with E-state index in [2.05, 4.69) is 14.3 Å². The molecule has 14 heavy (non-hydrogen) atoms. The van der Waals surface area contributed by atoms with Crippen molar-refractivity contribution in [2.45, 2.75) is 0 Å². The molecule has 0 radical (unpaired) electrons. The molecule has 2 aromatic heterocycles. The van der Waals surface area contributed by atoms with Crippen LogP contribution in [0.15, 0.2) is 17.8 Å². The van der Waals surface area contributed by atoms with E-state index < -0.39 is 0 Å². The predicted octanol–water partition coefficient (Wildman–Crippen LogP) is 2.27. The molecule has 0 fully saturated rings. The second-order valence-electron chi connectivity index (χ2n) is 2.50. The van der Waals surface area contributed by atoms with Gasteiger partial charge in [0.25, 0.3) is 0 Å². The van der Waals surface area contributed by atoms with E-state index in [9.17, 15) is 0 Å². The molecule has 0 saturated carbocycles. The van der Waals surface area contributed by atoms with Gasteiger partial charge in [-0.05, 0) is 17.6 Å². The average Bonchev–Trinajstić information content (AvgIpc) is 2.70. The van der Waals surface area contributed by atoms with Crippen LogP contribution in [-0.4, -0.2) is 21.5 Å². The predicted molar refractivity (Wildman–Crippen MR) is 57.1 cm³/mol. The first-order valence-electron chi connectivity index (χ1n) is 3.85. The first-order chi connectivity index (χ1) is 6.83. The lowest BCUT2D eigenvalue weighted by molar-refractivity contribution is 0.410. The molecule has 1 N–H and O–H groups in total. The summed E-state index contributed by atoms with van der Waals surface area (Å²) in [6, 6.07) is 1.90. The average molecular weight is 225 g/mol. The summed E-state index contributed by atoms with van der Waals surface area (Å²) < 4.78 is 9.80. The standard InChI is InChI=1S/C8H7N3OS2/c1-12-7-6(5-2-3-14-11-5)9-4-10-8(7)13/h2-4H,1H3,(H,9,10,13). The van der Waals surface area contributed by atoms with Gasteiger partial charge < -0.3 is 9.72 Å². The Morgan fingerprint density at radius 1 is 1.57 bits per heavy atom. The molecule has 2 aromatic rings. The number of H-pyrrole nitrogens is 1. The fourth-order valence-electron chi connectivity index (χ4n) is 1.11. The number of nitrogens with zero attached hydrogens (tertiary/aromatic N) is 2. The van der Waals surface area contributed by atoms with E-state index in [1.165, 1.54) is 11.5 Å². The van der Waals surface area contributed by atoms with Gasteiger partial charge >= 0.3 is 0 Å². The van der Waals surface area contributed by atoms with Crippen molar-refractivity contribution in [1.82, 2.24) is 14.3 Å². The second kappa shape index (κ2) is 3.85. The van der Waals surface area contributed by atoms with Crippen LogP contribution in [0.2, 0.25) is 0 Å². The van der Waals surface area contributed by atoms with E-state index in [1.54, 1.807) is 13.4 Å². The topological polar surface area (TPSA) is 50.8 Å². The van der Waals surface area contributed by atoms with Crippen LogP contribution in [0.1, 0.15) is 0 Å². The normalized spacial score (nSPS) is 10.1. The van der Waals surface area contributed by atoms with Crippen LogP contribution in [0.25, 0.3) is 11.4 Å². The summed E-state index contributed by atoms with van der Waals surface area (Å²) in [4.78, 5) is 6.90. The third kappa shape index (κ3) is 1.53. The molecule has 0 aliphatic heterocycles. The number of hydrogen-bond donors (Lipinski definition) is 1. The Hall–Kier alpha value is -1.27. The Morgan fingerprint density at radius 3 is 3.07 bits per heavy atom. The maximum atomic E-state index is 5.17. The summed E-state index contributed by atoms with van der Waals surface area (Å²) in [5.74, 6) is 0.563. The molecule has 4 nitrogen and oxygen atoms in total. The summed E-state index contributed by atoms with van der Waals surface area (Å²) in [6.45, 7) is 0. The second-order valence-corrected chi connectivity index (χ2v) is 3.55. The molecule has 0 amide bonds. The highest BCUT2D eigenvalue weighted by molar-refractivity contribution is 7.71. The highest BCUT2D eigenvalue weighted by atomic mass is 32.1. The van der Waals surface area contributed by atoms with Gasteiger partial charge in [-0.1, -0.05) is 12.2 Å². The minimum atomic E-state index is 0.439. The van der Waals surface area contributed by atoms with Crippen LogP contribution >= 0.6 is 23.8 Å². The number of nitrogens with one attached hydrogen (secondary N) is 1. The van der Waals surface area contributed by atoms with Gasteiger partial charge in [0.1, 0.15) is 11.4 Å². The van der Waals surface area contributed by atoms with Gasteiger partial charge in [0.15, 0.2) is 10.4 Å². The zero-order valence-electron chi connectivity index (χ0n) is 7.35. The Labute approximate surface area is 89.8 Å². The number of methoxy groups -OCH3 is 1. The number of aromatic amines is 1. The Kier molecular flexibility index (Phi) is 2.55. The lowest BCUT2D eigenvalue weighted by Crippen LogP contribution is -1.93. The molecule has 0 aliphatic rings. The first kappa shape index (κ1) is 9.29. The van der Waals surface area contributed by atoms with Crippen LogP contribution in [0.3, 0.4) is 0 Å². The number of rotatable bonds is 2. The van der Waals surface area contributed by atoms with Crippen molar-refractivity contribution in [1.29, 1.82) is 0 Å². The van der Waals surface area contributed by atoms with Gasteiger partial charge in [0, 0.05) is 5.38 Å². The van der Waals surface area contributed by atoms with Crippen LogP contribution in [0, 0.1) is 4.64 Å². The maximum Gasteiger partial charge on any atom is 0.181 e. The molecule has 2 rings (SSSR count). The van der Waals surface area contributed by atoms with Gasteiger partial charge in [-0.2, -0.15) is 4.37 Å². The molecule has 0 bridgehead atoms. The Bertz CT molecular complexity index is 478. The largest absolute Gasteiger partial charge is 0.491 e. The molecule has 72 valence electrons. The van der Waals surface area contributed by atoms with Gasteiger partial charge in [0.2, 0.25) is 0 Å². The molecule has 2 heterocycles. The molecular formula is C8H7N3OS2. The van der Waals surface area contributed by atoms with Gasteiger partial charge in [0.05, 0.1) is 13.4 Å². The molecule has 0 aromatic carbocycles. The fraction of sp³-hybridized carbons (Fsp3) is 0.125. The minimum absolute atomic E-state index is 0.439. The van der Waals surface area contributed by atoms with Gasteiger partial charge in [-0.15, -0.1) is 0 Å². The van der Waals surface area contributed by atoms with E-state index in [0.29, 0.717) is 10.4 Å². The first-order valence-corrected chi connectivity index (χ1v) is 5.10. The van der Waals surface area contributed by atoms with Crippen LogP contribution in [-0.2, 0) is 0 Å². The van der Waals surface area contributed by atoms with Crippen molar-refractivity contribution in [3.05, 3.63) is 22.4 Å². The van der Waals surface area contributed by atoms with Crippen molar-refractivity contribution in [2.24, 2.45) is 0 Å². The zero-order chi connectivity index (χ0) is 9.97. The van der Waals surface area contributed by atoms with Crippen LogP contribution in [0.4, 0.5) is 0 Å². The lowest BCUT2D eigenvalue weighted by atomic mass is 10.3. The monoisotopic (exact) mass is 225 g/mol. The van der Waals surface area contributed by atoms with Crippen LogP contribution < -0.4 is 4.74 Å². The zero-order valence-corrected chi connectivity index (χ0v) is 8.98. The molecule has 0 spiro atoms. The van der Waals surface area contributed by atoms with Gasteiger partial charge in [-0.3, -0.25) is 0 Å². The summed E-state index contributed by atoms with van der Waals surface area (Å²) in [7, 11) is 1.57. The van der Waals surface area contributed by atoms with Crippen molar-refractivity contribution < 1.29 is 4.74 Å². The number of aromatic nitrogens is 3. The van der Waals surface area contributed by atoms with E-state index in [-0.39, 0.29) is 0 Å². The third-order valence-electron chi connectivity index (χ3n) is 1.71. The molecule has 0 unspecified atom stereocenters. The molecule has 0 aliphatic carbocycles. The van der Waals surface area contributed by atoms with Crippen LogP contribution in [0.5, 0.6) is 5.75 Å². The quantitative estimate of drug-likeness (QED) is 0.797. The van der Waals surface area contributed by atoms with Crippen molar-refractivity contribution in [3.63, 3.8) is 0 Å². The lowest BCUT2D eigenvalue weighted by Gasteiger charge is -2.04. The molecule has 6 heteroatoms. The number of hydrogen-bond acceptors (Lipinski definition) is 5. The van der Waals surface area contributed by atoms with E-state index >= 15 is 0 Å². The summed E-state index contributed by atoms with van der Waals surface area (Å²) >= 11 is 6.41. The highest BCUT2D eigenvalue weighted by Gasteiger charge is 2.09. The molecule has 0 saturated heterocycles. The Morgan fingerprint density at radius 2 is 2.43 bits per heavy atom. The minimum Gasteiger partial charge on any atom is -0.491 e. The Balaban J connectivity index is 2.64. The van der Waals surface area contributed by atoms with Crippen molar-refractivity contribution in [3.8, 4) is 17.1 Å². The fourth-order valence-corrected chi connectivity index (χ4v) is 1.86. The molecule has 0 atom stereocenters. The van der Waals surface area contributed by atoms with E-state index in [4.69, 9.17) is 17.0 Å². The summed E-state index contributed by atoms with van der Waals surface area (Å²) in [5.41, 5.74) is 1.59. The highest BCUT2D eigenvalue weighted by Crippen LogP contribution is 2.26. The van der Waals surface area contributed by atoms with E-state index in [1.807, 2.05) is 11.4 Å². The van der Waals surface area contributed by atoms with Gasteiger partial charge in [-0.25, -0.2) is 4.98 Å². The SMILES string of the molecule is COc1c(-c2ccsn2)[nH]cnc1=S. The van der Waals surface area contributed by atoms with Crippen molar-refractivity contribution in [2.75, 3.05) is 7.11 Å². The van der Waals surface area contributed by atoms with E-state index in [0.717, 1.165) is 11.4 Å². The summed E-state index contributed by atoms with van der Waals surface area (Å²) in [5, 5.41) is 1.89. The third-order valence-corrected chi connectivity index (χ3v) is 2.56. The summed E-state index contributed by atoms with van der Waals surface area (Å²) in [6.07, 6.45) is 1.54. The smallest absolute Gasteiger partial charge is 0.181 e. The van der Waals surface area contributed by atoms with Crippen molar-refractivity contribution >= 4 is 23.8 Å². The maximum absolute atomic E-state index is 5.17. The molecular weight excluding hydrogens is 218 g/mol.